The van der Waals surface area contributed by atoms with E-state index in [0.29, 0.717) is 12.5 Å². The van der Waals surface area contributed by atoms with Gasteiger partial charge in [-0.05, 0) is 57.0 Å². The summed E-state index contributed by atoms with van der Waals surface area (Å²) in [5, 5.41) is 2.72. The van der Waals surface area contributed by atoms with E-state index in [4.69, 9.17) is 0 Å². The normalized spacial score (nSPS) is 17.2. The first-order valence-electron chi connectivity index (χ1n) is 9.58. The number of aromatic nitrogens is 2. The molecule has 9 heteroatoms. The standard InChI is InChI=1S/C20H25FN4O3S/c1-14-12-15(2)24-20(23-14)25-10-3-4-16(13-25)19(26)22-9-11-29(27,28)18-7-5-17(21)6-8-18/h5-8,12,16H,3-4,9-11,13H2,1-2H3,(H,22,26). The second-order valence-electron chi connectivity index (χ2n) is 7.30. The van der Waals surface area contributed by atoms with E-state index in [1.807, 2.05) is 24.8 Å². The summed E-state index contributed by atoms with van der Waals surface area (Å²) < 4.78 is 37.6. The predicted molar refractivity (Wildman–Crippen MR) is 108 cm³/mol. The van der Waals surface area contributed by atoms with Crippen LogP contribution in [0.15, 0.2) is 35.2 Å². The molecule has 1 aromatic heterocycles. The quantitative estimate of drug-likeness (QED) is 0.719. The highest BCUT2D eigenvalue weighted by molar-refractivity contribution is 7.91. The van der Waals surface area contributed by atoms with Crippen molar-refractivity contribution >= 4 is 21.7 Å². The number of anilines is 1. The average molecular weight is 421 g/mol. The topological polar surface area (TPSA) is 92.3 Å². The molecule has 0 aliphatic carbocycles. The molecule has 29 heavy (non-hydrogen) atoms. The van der Waals surface area contributed by atoms with Gasteiger partial charge in [-0.2, -0.15) is 0 Å². The number of sulfone groups is 1. The van der Waals surface area contributed by atoms with Crippen molar-refractivity contribution in [2.24, 2.45) is 5.92 Å². The van der Waals surface area contributed by atoms with Crippen LogP contribution in [0, 0.1) is 25.6 Å². The summed E-state index contributed by atoms with van der Waals surface area (Å²) in [6.45, 7) is 5.11. The van der Waals surface area contributed by atoms with Crippen LogP contribution in [-0.4, -0.2) is 49.7 Å². The van der Waals surface area contributed by atoms with Crippen molar-refractivity contribution in [3.8, 4) is 0 Å². The van der Waals surface area contributed by atoms with Crippen molar-refractivity contribution in [1.82, 2.24) is 15.3 Å². The molecule has 1 amide bonds. The lowest BCUT2D eigenvalue weighted by Crippen LogP contribution is -2.44. The van der Waals surface area contributed by atoms with E-state index >= 15 is 0 Å². The van der Waals surface area contributed by atoms with Crippen molar-refractivity contribution in [3.63, 3.8) is 0 Å². The van der Waals surface area contributed by atoms with Gasteiger partial charge in [-0.25, -0.2) is 22.8 Å². The molecule has 1 aromatic carbocycles. The van der Waals surface area contributed by atoms with Crippen molar-refractivity contribution in [3.05, 3.63) is 47.5 Å². The molecule has 3 rings (SSSR count). The van der Waals surface area contributed by atoms with Gasteiger partial charge in [0.1, 0.15) is 5.82 Å². The highest BCUT2D eigenvalue weighted by Gasteiger charge is 2.27. The summed E-state index contributed by atoms with van der Waals surface area (Å²) in [6.07, 6.45) is 1.57. The summed E-state index contributed by atoms with van der Waals surface area (Å²) in [5.41, 5.74) is 1.76. The summed E-state index contributed by atoms with van der Waals surface area (Å²) in [6, 6.07) is 6.58. The Bertz CT molecular complexity index is 959. The van der Waals surface area contributed by atoms with Crippen LogP contribution in [-0.2, 0) is 14.6 Å². The Balaban J connectivity index is 1.55. The molecule has 2 heterocycles. The number of halogens is 1. The molecule has 2 aromatic rings. The molecule has 1 saturated heterocycles. The molecule has 0 saturated carbocycles. The van der Waals surface area contributed by atoms with E-state index in [-0.39, 0.29) is 29.0 Å². The zero-order chi connectivity index (χ0) is 21.0. The van der Waals surface area contributed by atoms with Crippen LogP contribution in [0.2, 0.25) is 0 Å². The molecule has 1 fully saturated rings. The second-order valence-corrected chi connectivity index (χ2v) is 9.41. The Morgan fingerprint density at radius 1 is 1.21 bits per heavy atom. The largest absolute Gasteiger partial charge is 0.355 e. The van der Waals surface area contributed by atoms with Gasteiger partial charge in [0.05, 0.1) is 16.6 Å². The fraction of sp³-hybridized carbons (Fsp3) is 0.450. The van der Waals surface area contributed by atoms with Crippen molar-refractivity contribution in [2.75, 3.05) is 30.3 Å². The Hall–Kier alpha value is -2.55. The van der Waals surface area contributed by atoms with E-state index < -0.39 is 15.7 Å². The molecule has 156 valence electrons. The molecule has 1 aliphatic rings. The molecular formula is C20H25FN4O3S. The van der Waals surface area contributed by atoms with Crippen LogP contribution in [0.25, 0.3) is 0 Å². The number of hydrogen-bond donors (Lipinski definition) is 1. The SMILES string of the molecule is Cc1cc(C)nc(N2CCCC(C(=O)NCCS(=O)(=O)c3ccc(F)cc3)C2)n1. The number of rotatable bonds is 6. The maximum absolute atomic E-state index is 13.0. The van der Waals surface area contributed by atoms with Crippen LogP contribution in [0.1, 0.15) is 24.2 Å². The molecule has 1 N–H and O–H groups in total. The molecule has 1 atom stereocenters. The minimum absolute atomic E-state index is 0.00902. The number of carbonyl (C=O) groups is 1. The number of carbonyl (C=O) groups excluding carboxylic acids is 1. The van der Waals surface area contributed by atoms with Crippen LogP contribution in [0.5, 0.6) is 0 Å². The fourth-order valence-corrected chi connectivity index (χ4v) is 4.59. The lowest BCUT2D eigenvalue weighted by Gasteiger charge is -2.32. The van der Waals surface area contributed by atoms with Gasteiger partial charge in [-0.15, -0.1) is 0 Å². The van der Waals surface area contributed by atoms with Gasteiger partial charge in [0.25, 0.3) is 0 Å². The van der Waals surface area contributed by atoms with Gasteiger partial charge in [0.2, 0.25) is 11.9 Å². The Morgan fingerprint density at radius 2 is 1.86 bits per heavy atom. The Morgan fingerprint density at radius 3 is 2.52 bits per heavy atom. The van der Waals surface area contributed by atoms with E-state index in [2.05, 4.69) is 15.3 Å². The summed E-state index contributed by atoms with van der Waals surface area (Å²) in [4.78, 5) is 23.5. The predicted octanol–water partition coefficient (Wildman–Crippen LogP) is 2.04. The smallest absolute Gasteiger partial charge is 0.225 e. The molecule has 1 unspecified atom stereocenters. The molecule has 1 aliphatic heterocycles. The number of nitrogens with one attached hydrogen (secondary N) is 1. The number of amides is 1. The number of piperidine rings is 1. The maximum Gasteiger partial charge on any atom is 0.225 e. The second kappa shape index (κ2) is 8.86. The number of benzene rings is 1. The van der Waals surface area contributed by atoms with Crippen molar-refractivity contribution < 1.29 is 17.6 Å². The summed E-state index contributed by atoms with van der Waals surface area (Å²) >= 11 is 0. The first kappa shape index (κ1) is 21.2. The van der Waals surface area contributed by atoms with E-state index in [9.17, 15) is 17.6 Å². The van der Waals surface area contributed by atoms with Crippen molar-refractivity contribution in [1.29, 1.82) is 0 Å². The summed E-state index contributed by atoms with van der Waals surface area (Å²) in [7, 11) is -3.58. The van der Waals surface area contributed by atoms with E-state index in [1.54, 1.807) is 0 Å². The average Bonchev–Trinajstić information content (AvgIpc) is 2.67. The maximum atomic E-state index is 13.0. The number of hydrogen-bond acceptors (Lipinski definition) is 6. The third kappa shape index (κ3) is 5.50. The van der Waals surface area contributed by atoms with Crippen LogP contribution in [0.3, 0.4) is 0 Å². The first-order chi connectivity index (χ1) is 13.7. The van der Waals surface area contributed by atoms with Crippen LogP contribution >= 0.6 is 0 Å². The minimum atomic E-state index is -3.58. The lowest BCUT2D eigenvalue weighted by atomic mass is 9.97. The van der Waals surface area contributed by atoms with Gasteiger partial charge in [-0.1, -0.05) is 0 Å². The molecular weight excluding hydrogens is 395 g/mol. The van der Waals surface area contributed by atoms with Gasteiger partial charge < -0.3 is 10.2 Å². The van der Waals surface area contributed by atoms with E-state index in [0.717, 1.165) is 42.9 Å². The Kier molecular flexibility index (Phi) is 6.46. The zero-order valence-corrected chi connectivity index (χ0v) is 17.4. The molecule has 7 nitrogen and oxygen atoms in total. The third-order valence-electron chi connectivity index (χ3n) is 4.89. The molecule has 0 spiro atoms. The molecule has 0 bridgehead atoms. The zero-order valence-electron chi connectivity index (χ0n) is 16.6. The molecule has 0 radical (unpaired) electrons. The van der Waals surface area contributed by atoms with Gasteiger partial charge in [-0.3, -0.25) is 4.79 Å². The first-order valence-corrected chi connectivity index (χ1v) is 11.2. The number of aryl methyl sites for hydroxylation is 2. The summed E-state index contributed by atoms with van der Waals surface area (Å²) in [5.74, 6) is -0.526. The highest BCUT2D eigenvalue weighted by Crippen LogP contribution is 2.21. The third-order valence-corrected chi connectivity index (χ3v) is 6.62. The van der Waals surface area contributed by atoms with Crippen LogP contribution in [0.4, 0.5) is 10.3 Å². The van der Waals surface area contributed by atoms with E-state index in [1.165, 1.54) is 12.1 Å². The fourth-order valence-electron chi connectivity index (χ4n) is 3.43. The van der Waals surface area contributed by atoms with Gasteiger partial charge in [0.15, 0.2) is 9.84 Å². The monoisotopic (exact) mass is 420 g/mol. The van der Waals surface area contributed by atoms with Gasteiger partial charge >= 0.3 is 0 Å². The Labute approximate surface area is 170 Å². The van der Waals surface area contributed by atoms with Crippen LogP contribution < -0.4 is 10.2 Å². The minimum Gasteiger partial charge on any atom is -0.355 e. The van der Waals surface area contributed by atoms with Gasteiger partial charge in [0, 0.05) is 31.0 Å². The number of nitrogens with zero attached hydrogens (tertiary/aromatic N) is 3. The lowest BCUT2D eigenvalue weighted by molar-refractivity contribution is -0.125. The highest BCUT2D eigenvalue weighted by atomic mass is 32.2. The van der Waals surface area contributed by atoms with Crippen molar-refractivity contribution in [2.45, 2.75) is 31.6 Å².